The van der Waals surface area contributed by atoms with Crippen LogP contribution in [0.4, 0.5) is 4.79 Å². The molecule has 1 heterocycles. The zero-order chi connectivity index (χ0) is 20.4. The fraction of sp³-hybridized carbons (Fsp3) is 0.435. The molecule has 0 bridgehead atoms. The lowest BCUT2D eigenvalue weighted by atomic mass is 9.82. The first-order valence-electron chi connectivity index (χ1n) is 10.4. The number of imide groups is 1. The van der Waals surface area contributed by atoms with E-state index in [1.807, 2.05) is 37.3 Å². The van der Waals surface area contributed by atoms with Crippen LogP contribution in [0.3, 0.4) is 0 Å². The average molecular weight is 393 g/mol. The number of carbonyl (C=O) groups excluding carboxylic acids is 3. The first-order chi connectivity index (χ1) is 14.0. The van der Waals surface area contributed by atoms with Crippen molar-refractivity contribution in [1.29, 1.82) is 0 Å². The summed E-state index contributed by atoms with van der Waals surface area (Å²) in [5.74, 6) is -0.339. The molecule has 1 unspecified atom stereocenters. The lowest BCUT2D eigenvalue weighted by Gasteiger charge is -2.30. The molecule has 6 heteroatoms. The van der Waals surface area contributed by atoms with Gasteiger partial charge in [-0.25, -0.2) is 4.79 Å². The Kier molecular flexibility index (Phi) is 5.26. The number of amides is 4. The molecule has 2 aromatic rings. The molecule has 152 valence electrons. The zero-order valence-electron chi connectivity index (χ0n) is 16.7. The molecule has 1 saturated carbocycles. The highest BCUT2D eigenvalue weighted by Crippen LogP contribution is 2.33. The molecule has 2 aliphatic rings. The Bertz CT molecular complexity index is 949. The molecular formula is C23H27N3O3. The molecule has 6 nitrogen and oxygen atoms in total. The van der Waals surface area contributed by atoms with E-state index in [2.05, 4.69) is 22.8 Å². The molecule has 2 N–H and O–H groups in total. The molecule has 4 amide bonds. The van der Waals surface area contributed by atoms with E-state index in [9.17, 15) is 14.4 Å². The largest absolute Gasteiger partial charge is 0.350 e. The molecule has 4 rings (SSSR count). The highest BCUT2D eigenvalue weighted by Gasteiger charge is 2.51. The van der Waals surface area contributed by atoms with Crippen molar-refractivity contribution >= 4 is 28.6 Å². The van der Waals surface area contributed by atoms with Crippen molar-refractivity contribution in [3.63, 3.8) is 0 Å². The number of benzene rings is 2. The Morgan fingerprint density at radius 3 is 2.59 bits per heavy atom. The quantitative estimate of drug-likeness (QED) is 0.761. The van der Waals surface area contributed by atoms with Crippen molar-refractivity contribution < 1.29 is 14.4 Å². The van der Waals surface area contributed by atoms with Gasteiger partial charge in [0, 0.05) is 13.0 Å². The van der Waals surface area contributed by atoms with Gasteiger partial charge in [0.25, 0.3) is 5.91 Å². The maximum absolute atomic E-state index is 12.8. The Labute approximate surface area is 170 Å². The second-order valence-corrected chi connectivity index (χ2v) is 8.18. The number of nitrogens with one attached hydrogen (secondary N) is 2. The van der Waals surface area contributed by atoms with Crippen LogP contribution < -0.4 is 10.6 Å². The standard InChI is InChI=1S/C23H27N3O3/c1-16(18-10-9-17-7-3-4-8-19(17)15-18)24-20(27)11-14-26-21(28)23(25-22(26)29)12-5-2-6-13-23/h3-4,7-10,15-16H,2,5-6,11-14H2,1H3,(H,24,27)(H,25,29). The van der Waals surface area contributed by atoms with Crippen LogP contribution >= 0.6 is 0 Å². The van der Waals surface area contributed by atoms with Gasteiger partial charge < -0.3 is 10.6 Å². The summed E-state index contributed by atoms with van der Waals surface area (Å²) in [6, 6.07) is 13.7. The normalized spacial score (nSPS) is 19.4. The van der Waals surface area contributed by atoms with Crippen LogP contribution in [0.15, 0.2) is 42.5 Å². The minimum atomic E-state index is -0.732. The summed E-state index contributed by atoms with van der Waals surface area (Å²) < 4.78 is 0. The van der Waals surface area contributed by atoms with Crippen LogP contribution in [0.2, 0.25) is 0 Å². The fourth-order valence-corrected chi connectivity index (χ4v) is 4.46. The van der Waals surface area contributed by atoms with E-state index in [1.54, 1.807) is 0 Å². The van der Waals surface area contributed by atoms with Gasteiger partial charge in [-0.3, -0.25) is 14.5 Å². The molecule has 0 aromatic heterocycles. The maximum Gasteiger partial charge on any atom is 0.325 e. The first-order valence-corrected chi connectivity index (χ1v) is 10.4. The van der Waals surface area contributed by atoms with Crippen LogP contribution in [0.1, 0.15) is 57.1 Å². The van der Waals surface area contributed by atoms with E-state index in [0.717, 1.165) is 35.6 Å². The number of fused-ring (bicyclic) bond motifs is 1. The monoisotopic (exact) mass is 393 g/mol. The predicted molar refractivity (Wildman–Crippen MR) is 111 cm³/mol. The van der Waals surface area contributed by atoms with Gasteiger partial charge in [-0.05, 0) is 42.2 Å². The summed E-state index contributed by atoms with van der Waals surface area (Å²) in [7, 11) is 0. The number of hydrogen-bond donors (Lipinski definition) is 2. The highest BCUT2D eigenvalue weighted by molar-refractivity contribution is 6.07. The second-order valence-electron chi connectivity index (χ2n) is 8.18. The van der Waals surface area contributed by atoms with Crippen LogP contribution in [0.5, 0.6) is 0 Å². The smallest absolute Gasteiger partial charge is 0.325 e. The summed E-state index contributed by atoms with van der Waals surface area (Å²) in [4.78, 5) is 38.7. The van der Waals surface area contributed by atoms with Crippen LogP contribution in [-0.4, -0.2) is 34.8 Å². The Balaban J connectivity index is 1.34. The molecule has 1 atom stereocenters. The molecule has 29 heavy (non-hydrogen) atoms. The predicted octanol–water partition coefficient (Wildman–Crippen LogP) is 3.66. The first kappa shape index (κ1) is 19.4. The van der Waals surface area contributed by atoms with Gasteiger partial charge in [0.2, 0.25) is 5.91 Å². The maximum atomic E-state index is 12.8. The number of hydrogen-bond acceptors (Lipinski definition) is 3. The second kappa shape index (κ2) is 7.85. The lowest BCUT2D eigenvalue weighted by Crippen LogP contribution is -2.48. The fourth-order valence-electron chi connectivity index (χ4n) is 4.46. The topological polar surface area (TPSA) is 78.5 Å². The van der Waals surface area contributed by atoms with Crippen LogP contribution in [-0.2, 0) is 9.59 Å². The van der Waals surface area contributed by atoms with Gasteiger partial charge in [0.1, 0.15) is 5.54 Å². The number of rotatable bonds is 5. The van der Waals surface area contributed by atoms with Gasteiger partial charge >= 0.3 is 6.03 Å². The van der Waals surface area contributed by atoms with Gasteiger partial charge in [-0.2, -0.15) is 0 Å². The van der Waals surface area contributed by atoms with E-state index in [-0.39, 0.29) is 36.9 Å². The summed E-state index contributed by atoms with van der Waals surface area (Å²) in [5, 5.41) is 8.14. The van der Waals surface area contributed by atoms with E-state index in [4.69, 9.17) is 0 Å². The van der Waals surface area contributed by atoms with Crippen LogP contribution in [0, 0.1) is 0 Å². The molecule has 2 aromatic carbocycles. The Morgan fingerprint density at radius 1 is 1.10 bits per heavy atom. The highest BCUT2D eigenvalue weighted by atomic mass is 16.2. The molecule has 1 aliphatic heterocycles. The third kappa shape index (κ3) is 3.84. The Morgan fingerprint density at radius 2 is 1.83 bits per heavy atom. The van der Waals surface area contributed by atoms with Crippen molar-refractivity contribution in [2.24, 2.45) is 0 Å². The zero-order valence-corrected chi connectivity index (χ0v) is 16.7. The van der Waals surface area contributed by atoms with Crippen molar-refractivity contribution in [1.82, 2.24) is 15.5 Å². The number of nitrogens with zero attached hydrogens (tertiary/aromatic N) is 1. The van der Waals surface area contributed by atoms with E-state index in [0.29, 0.717) is 12.8 Å². The lowest BCUT2D eigenvalue weighted by molar-refractivity contribution is -0.132. The third-order valence-corrected chi connectivity index (χ3v) is 6.17. The molecular weight excluding hydrogens is 366 g/mol. The molecule has 0 radical (unpaired) electrons. The molecule has 1 saturated heterocycles. The van der Waals surface area contributed by atoms with E-state index >= 15 is 0 Å². The van der Waals surface area contributed by atoms with Gasteiger partial charge in [-0.1, -0.05) is 55.7 Å². The third-order valence-electron chi connectivity index (χ3n) is 6.17. The summed E-state index contributed by atoms with van der Waals surface area (Å²) in [6.45, 7) is 2.05. The van der Waals surface area contributed by atoms with E-state index in [1.165, 1.54) is 4.90 Å². The molecule has 2 fully saturated rings. The van der Waals surface area contributed by atoms with Gasteiger partial charge in [-0.15, -0.1) is 0 Å². The average Bonchev–Trinajstić information content (AvgIpc) is 2.95. The minimum absolute atomic E-state index is 0.104. The summed E-state index contributed by atoms with van der Waals surface area (Å²) >= 11 is 0. The molecule has 1 aliphatic carbocycles. The Hall–Kier alpha value is -2.89. The summed E-state index contributed by atoms with van der Waals surface area (Å²) in [5.41, 5.74) is 0.290. The van der Waals surface area contributed by atoms with Gasteiger partial charge in [0.05, 0.1) is 6.04 Å². The number of urea groups is 1. The number of carbonyl (C=O) groups is 3. The van der Waals surface area contributed by atoms with Crippen molar-refractivity contribution in [3.05, 3.63) is 48.0 Å². The van der Waals surface area contributed by atoms with Crippen molar-refractivity contribution in [2.45, 2.75) is 57.0 Å². The SMILES string of the molecule is CC(NC(=O)CCN1C(=O)NC2(CCCCC2)C1=O)c1ccc2ccccc2c1. The van der Waals surface area contributed by atoms with Crippen LogP contribution in [0.25, 0.3) is 10.8 Å². The van der Waals surface area contributed by atoms with E-state index < -0.39 is 5.54 Å². The van der Waals surface area contributed by atoms with Crippen molar-refractivity contribution in [3.8, 4) is 0 Å². The minimum Gasteiger partial charge on any atom is -0.350 e. The molecule has 1 spiro atoms. The van der Waals surface area contributed by atoms with Crippen molar-refractivity contribution in [2.75, 3.05) is 6.54 Å². The van der Waals surface area contributed by atoms with Gasteiger partial charge in [0.15, 0.2) is 0 Å². The summed E-state index contributed by atoms with van der Waals surface area (Å²) in [6.07, 6.45) is 4.49.